The van der Waals surface area contributed by atoms with Crippen molar-refractivity contribution in [2.24, 2.45) is 4.99 Å². The highest BCUT2D eigenvalue weighted by molar-refractivity contribution is 7.92. The van der Waals surface area contributed by atoms with Gasteiger partial charge in [-0.2, -0.15) is 4.99 Å². The topological polar surface area (TPSA) is 71.7 Å². The molecule has 0 unspecified atom stereocenters. The second-order valence-corrected chi connectivity index (χ2v) is 11.5. The Balaban J connectivity index is 1.36. The molecule has 1 aliphatic rings. The van der Waals surface area contributed by atoms with Crippen molar-refractivity contribution in [2.75, 3.05) is 10.8 Å². The summed E-state index contributed by atoms with van der Waals surface area (Å²) < 4.78 is 30.9. The second-order valence-electron chi connectivity index (χ2n) is 8.71. The normalized spacial score (nSPS) is 13.7. The maximum Gasteiger partial charge on any atom is 0.279 e. The number of rotatable bonds is 4. The Bertz CT molecular complexity index is 1910. The van der Waals surface area contributed by atoms with Crippen LogP contribution >= 0.6 is 11.3 Å². The molecule has 0 fully saturated rings. The summed E-state index contributed by atoms with van der Waals surface area (Å²) in [4.78, 5) is 18.1. The number of nitrogens with zero attached hydrogens (tertiary/aromatic N) is 3. The predicted octanol–water partition coefficient (Wildman–Crippen LogP) is 4.98. The van der Waals surface area contributed by atoms with E-state index in [1.165, 1.54) is 39.9 Å². The van der Waals surface area contributed by atoms with Crippen molar-refractivity contribution in [1.29, 1.82) is 0 Å². The fourth-order valence-electron chi connectivity index (χ4n) is 4.73. The van der Waals surface area contributed by atoms with Crippen LogP contribution in [0.1, 0.15) is 15.9 Å². The van der Waals surface area contributed by atoms with E-state index in [4.69, 9.17) is 6.42 Å². The molecule has 182 valence electrons. The summed E-state index contributed by atoms with van der Waals surface area (Å²) in [6.07, 6.45) is 6.29. The van der Waals surface area contributed by atoms with E-state index >= 15 is 0 Å². The number of fused-ring (bicyclic) bond motifs is 4. The molecule has 0 radical (unpaired) electrons. The van der Waals surface area contributed by atoms with Crippen molar-refractivity contribution in [3.05, 3.63) is 101 Å². The van der Waals surface area contributed by atoms with Crippen LogP contribution in [-0.2, 0) is 23.0 Å². The SMILES string of the molecule is C#CCn1c(=NC(=O)c2ccc(S(=O)(=O)N3CCc4ccccc43)cc2)sc2c3ccccc3ccc21. The van der Waals surface area contributed by atoms with Crippen LogP contribution in [0.5, 0.6) is 0 Å². The Morgan fingerprint density at radius 2 is 1.73 bits per heavy atom. The summed E-state index contributed by atoms with van der Waals surface area (Å²) in [5.74, 6) is 2.19. The zero-order valence-corrected chi connectivity index (χ0v) is 21.3. The van der Waals surface area contributed by atoms with Crippen molar-refractivity contribution >= 4 is 53.9 Å². The van der Waals surface area contributed by atoms with Gasteiger partial charge in [0.25, 0.3) is 15.9 Å². The lowest BCUT2D eigenvalue weighted by Crippen LogP contribution is -2.29. The van der Waals surface area contributed by atoms with Crippen molar-refractivity contribution < 1.29 is 13.2 Å². The summed E-state index contributed by atoms with van der Waals surface area (Å²) >= 11 is 1.41. The van der Waals surface area contributed by atoms with E-state index in [2.05, 4.69) is 10.9 Å². The number of para-hydroxylation sites is 1. The van der Waals surface area contributed by atoms with Crippen molar-refractivity contribution in [2.45, 2.75) is 17.9 Å². The first-order valence-corrected chi connectivity index (χ1v) is 14.0. The highest BCUT2D eigenvalue weighted by Gasteiger charge is 2.30. The fraction of sp³-hybridized carbons (Fsp3) is 0.103. The Kier molecular flexibility index (Phi) is 5.67. The summed E-state index contributed by atoms with van der Waals surface area (Å²) in [5.41, 5.74) is 2.93. The van der Waals surface area contributed by atoms with Crippen molar-refractivity contribution in [3.8, 4) is 12.3 Å². The van der Waals surface area contributed by atoms with Gasteiger partial charge in [-0.25, -0.2) is 8.42 Å². The lowest BCUT2D eigenvalue weighted by molar-refractivity contribution is 0.0998. The van der Waals surface area contributed by atoms with Crippen LogP contribution in [0.3, 0.4) is 0 Å². The molecule has 1 aromatic heterocycles. The van der Waals surface area contributed by atoms with Gasteiger partial charge in [-0.05, 0) is 53.8 Å². The molecule has 0 spiro atoms. The monoisotopic (exact) mass is 523 g/mol. The smallest absolute Gasteiger partial charge is 0.279 e. The van der Waals surface area contributed by atoms with Gasteiger partial charge in [0, 0.05) is 17.5 Å². The molecule has 5 aromatic rings. The van der Waals surface area contributed by atoms with Crippen molar-refractivity contribution in [1.82, 2.24) is 4.57 Å². The number of carbonyl (C=O) groups is 1. The van der Waals surface area contributed by atoms with Crippen LogP contribution in [0.25, 0.3) is 21.0 Å². The largest absolute Gasteiger partial charge is 0.305 e. The highest BCUT2D eigenvalue weighted by atomic mass is 32.2. The Morgan fingerprint density at radius 1 is 0.973 bits per heavy atom. The van der Waals surface area contributed by atoms with Gasteiger partial charge in [0.1, 0.15) is 0 Å². The number of anilines is 1. The van der Waals surface area contributed by atoms with Gasteiger partial charge in [0.05, 0.1) is 27.3 Å². The van der Waals surface area contributed by atoms with Crippen LogP contribution in [0.15, 0.2) is 94.8 Å². The zero-order chi connectivity index (χ0) is 25.6. The standard InChI is InChI=1S/C29H21N3O3S2/c1-2-18-31-26-16-13-20-7-3-5-9-24(20)27(26)36-29(31)30-28(33)22-11-14-23(15-12-22)37(34,35)32-19-17-21-8-4-6-10-25(21)32/h1,3-16H,17-19H2. The first-order valence-electron chi connectivity index (χ1n) is 11.7. The third kappa shape index (κ3) is 3.93. The van der Waals surface area contributed by atoms with Gasteiger partial charge in [0.15, 0.2) is 4.80 Å². The molecule has 0 N–H and O–H groups in total. The first-order chi connectivity index (χ1) is 18.0. The number of carbonyl (C=O) groups excluding carboxylic acids is 1. The molecule has 37 heavy (non-hydrogen) atoms. The minimum atomic E-state index is -3.74. The number of benzene rings is 4. The van der Waals surface area contributed by atoms with E-state index < -0.39 is 15.9 Å². The van der Waals surface area contributed by atoms with E-state index in [0.717, 1.165) is 26.6 Å². The molecule has 8 heteroatoms. The number of thiazole rings is 1. The highest BCUT2D eigenvalue weighted by Crippen LogP contribution is 2.33. The number of amides is 1. The maximum atomic E-state index is 13.3. The van der Waals surface area contributed by atoms with E-state index in [0.29, 0.717) is 29.0 Å². The molecule has 0 bridgehead atoms. The quantitative estimate of drug-likeness (QED) is 0.312. The minimum Gasteiger partial charge on any atom is -0.305 e. The van der Waals surface area contributed by atoms with Crippen LogP contribution in [0.4, 0.5) is 5.69 Å². The van der Waals surface area contributed by atoms with Gasteiger partial charge in [-0.15, -0.1) is 6.42 Å². The summed E-state index contributed by atoms with van der Waals surface area (Å²) in [5, 5.41) is 2.17. The Labute approximate surface area is 218 Å². The molecule has 0 aliphatic carbocycles. The number of terminal acetylenes is 1. The molecule has 0 saturated carbocycles. The number of hydrogen-bond acceptors (Lipinski definition) is 4. The molecule has 1 aliphatic heterocycles. The van der Waals surface area contributed by atoms with Gasteiger partial charge >= 0.3 is 0 Å². The number of aromatic nitrogens is 1. The molecule has 2 heterocycles. The average Bonchev–Trinajstić information content (AvgIpc) is 3.51. The molecule has 0 saturated heterocycles. The summed E-state index contributed by atoms with van der Waals surface area (Å²) in [6.45, 7) is 0.673. The minimum absolute atomic E-state index is 0.136. The third-order valence-corrected chi connectivity index (χ3v) is 9.51. The Hall–Kier alpha value is -4.19. The molecule has 1 amide bonds. The van der Waals surface area contributed by atoms with Crippen LogP contribution in [-0.4, -0.2) is 25.4 Å². The number of hydrogen-bond donors (Lipinski definition) is 0. The molecule has 4 aromatic carbocycles. The van der Waals surface area contributed by atoms with Gasteiger partial charge in [-0.1, -0.05) is 65.8 Å². The molecule has 6 nitrogen and oxygen atoms in total. The molecule has 0 atom stereocenters. The fourth-order valence-corrected chi connectivity index (χ4v) is 7.40. The Morgan fingerprint density at radius 3 is 2.54 bits per heavy atom. The lowest BCUT2D eigenvalue weighted by atomic mass is 10.1. The van der Waals surface area contributed by atoms with Gasteiger partial charge in [-0.3, -0.25) is 9.10 Å². The van der Waals surface area contributed by atoms with Gasteiger partial charge < -0.3 is 4.57 Å². The lowest BCUT2D eigenvalue weighted by Gasteiger charge is -2.19. The zero-order valence-electron chi connectivity index (χ0n) is 19.7. The predicted molar refractivity (Wildman–Crippen MR) is 147 cm³/mol. The van der Waals surface area contributed by atoms with Crippen molar-refractivity contribution in [3.63, 3.8) is 0 Å². The molecular weight excluding hydrogens is 502 g/mol. The third-order valence-electron chi connectivity index (χ3n) is 6.55. The maximum absolute atomic E-state index is 13.3. The number of sulfonamides is 1. The first kappa shape index (κ1) is 23.2. The second kappa shape index (κ2) is 9.04. The average molecular weight is 524 g/mol. The van der Waals surface area contributed by atoms with Crippen LogP contribution in [0.2, 0.25) is 0 Å². The van der Waals surface area contributed by atoms with E-state index in [-0.39, 0.29) is 11.4 Å². The van der Waals surface area contributed by atoms with E-state index in [9.17, 15) is 13.2 Å². The summed E-state index contributed by atoms with van der Waals surface area (Å²) in [7, 11) is -3.74. The van der Waals surface area contributed by atoms with Crippen LogP contribution < -0.4 is 9.11 Å². The summed E-state index contributed by atoms with van der Waals surface area (Å²) in [6, 6.07) is 25.5. The van der Waals surface area contributed by atoms with E-state index in [1.807, 2.05) is 65.2 Å². The van der Waals surface area contributed by atoms with E-state index in [1.54, 1.807) is 0 Å². The molecular formula is C29H21N3O3S2. The van der Waals surface area contributed by atoms with Gasteiger partial charge in [0.2, 0.25) is 0 Å². The molecule has 6 rings (SSSR count). The van der Waals surface area contributed by atoms with Crippen LogP contribution in [0, 0.1) is 12.3 Å².